The summed E-state index contributed by atoms with van der Waals surface area (Å²) in [5, 5.41) is 10.1. The summed E-state index contributed by atoms with van der Waals surface area (Å²) in [7, 11) is 0. The molecule has 0 aromatic carbocycles. The molecule has 0 saturated heterocycles. The van der Waals surface area contributed by atoms with Gasteiger partial charge < -0.3 is 5.32 Å². The van der Waals surface area contributed by atoms with E-state index in [1.807, 2.05) is 23.6 Å². The smallest absolute Gasteiger partial charge is 0.230 e. The first kappa shape index (κ1) is 15.7. The van der Waals surface area contributed by atoms with Gasteiger partial charge in [-0.3, -0.25) is 4.79 Å². The molecule has 0 atom stereocenters. The lowest BCUT2D eigenvalue weighted by Gasteiger charge is -2.02. The van der Waals surface area contributed by atoms with Crippen molar-refractivity contribution in [2.45, 2.75) is 12.3 Å². The number of carbonyl (C=O) groups excluding carboxylic acids is 1. The van der Waals surface area contributed by atoms with Crippen LogP contribution in [0.5, 0.6) is 0 Å². The van der Waals surface area contributed by atoms with Crippen LogP contribution in [0.15, 0.2) is 40.4 Å². The van der Waals surface area contributed by atoms with Crippen LogP contribution < -0.4 is 5.32 Å². The lowest BCUT2D eigenvalue weighted by Crippen LogP contribution is -2.24. The monoisotopic (exact) mass is 366 g/mol. The molecule has 22 heavy (non-hydrogen) atoms. The fourth-order valence-corrected chi connectivity index (χ4v) is 4.92. The zero-order valence-corrected chi connectivity index (χ0v) is 14.9. The van der Waals surface area contributed by atoms with E-state index in [-0.39, 0.29) is 5.91 Å². The Bertz CT molecular complexity index is 704. The Kier molecular flexibility index (Phi) is 5.66. The predicted octanol–water partition coefficient (Wildman–Crippen LogP) is 4.48. The van der Waals surface area contributed by atoms with E-state index in [1.54, 1.807) is 45.8 Å². The summed E-state index contributed by atoms with van der Waals surface area (Å²) in [4.78, 5) is 18.8. The minimum Gasteiger partial charge on any atom is -0.350 e. The first-order valence-corrected chi connectivity index (χ1v) is 10.5. The number of aromatic nitrogens is 1. The van der Waals surface area contributed by atoms with Crippen LogP contribution >= 0.6 is 45.8 Å². The quantitative estimate of drug-likeness (QED) is 0.670. The van der Waals surface area contributed by atoms with Crippen molar-refractivity contribution in [3.63, 3.8) is 0 Å². The molecular weight excluding hydrogens is 352 g/mol. The van der Waals surface area contributed by atoms with Gasteiger partial charge in [0.05, 0.1) is 22.9 Å². The highest BCUT2D eigenvalue weighted by atomic mass is 32.2. The van der Waals surface area contributed by atoms with Gasteiger partial charge >= 0.3 is 0 Å². The van der Waals surface area contributed by atoms with Gasteiger partial charge in [0.15, 0.2) is 0 Å². The molecule has 3 rings (SSSR count). The number of nitrogens with zero attached hydrogens (tertiary/aromatic N) is 1. The minimum absolute atomic E-state index is 0.0760. The van der Waals surface area contributed by atoms with Gasteiger partial charge in [-0.1, -0.05) is 12.1 Å². The molecule has 114 valence electrons. The third-order valence-corrected chi connectivity index (χ3v) is 6.58. The number of rotatable bonds is 7. The summed E-state index contributed by atoms with van der Waals surface area (Å²) in [6.07, 6.45) is 0. The summed E-state index contributed by atoms with van der Waals surface area (Å²) in [5.74, 6) is 1.32. The van der Waals surface area contributed by atoms with Gasteiger partial charge in [-0.15, -0.1) is 45.8 Å². The summed E-state index contributed by atoms with van der Waals surface area (Å²) < 4.78 is 0. The Morgan fingerprint density at radius 1 is 1.18 bits per heavy atom. The van der Waals surface area contributed by atoms with Gasteiger partial charge in [-0.25, -0.2) is 4.98 Å². The average Bonchev–Trinajstić information content (AvgIpc) is 3.26. The Morgan fingerprint density at radius 3 is 2.82 bits per heavy atom. The van der Waals surface area contributed by atoms with E-state index >= 15 is 0 Å². The van der Waals surface area contributed by atoms with Crippen molar-refractivity contribution in [2.24, 2.45) is 0 Å². The van der Waals surface area contributed by atoms with E-state index in [0.717, 1.165) is 16.5 Å². The fraction of sp³-hybridized carbons (Fsp3) is 0.200. The van der Waals surface area contributed by atoms with E-state index < -0.39 is 0 Å². The molecule has 0 unspecified atom stereocenters. The molecule has 3 aromatic rings. The van der Waals surface area contributed by atoms with Crippen LogP contribution in [0.25, 0.3) is 9.88 Å². The molecule has 0 fully saturated rings. The van der Waals surface area contributed by atoms with E-state index in [1.165, 1.54) is 9.75 Å². The Balaban J connectivity index is 1.40. The highest BCUT2D eigenvalue weighted by Crippen LogP contribution is 2.28. The summed E-state index contributed by atoms with van der Waals surface area (Å²) in [6, 6.07) is 8.14. The molecule has 3 nitrogen and oxygen atoms in total. The third-order valence-electron chi connectivity index (χ3n) is 2.81. The second-order valence-corrected chi connectivity index (χ2v) is 8.29. The molecule has 0 radical (unpaired) electrons. The molecule has 0 aliphatic rings. The molecule has 1 amide bonds. The fourth-order valence-electron chi connectivity index (χ4n) is 1.78. The number of hydrogen-bond acceptors (Lipinski definition) is 6. The van der Waals surface area contributed by atoms with Crippen LogP contribution in [0.1, 0.15) is 10.6 Å². The van der Waals surface area contributed by atoms with Gasteiger partial charge in [0.25, 0.3) is 0 Å². The number of amides is 1. The minimum atomic E-state index is 0.0760. The molecular formula is C15H14N2OS4. The maximum absolute atomic E-state index is 11.8. The average molecular weight is 367 g/mol. The van der Waals surface area contributed by atoms with Gasteiger partial charge in [-0.2, -0.15) is 0 Å². The number of hydrogen-bond donors (Lipinski definition) is 1. The maximum atomic E-state index is 11.8. The first-order chi connectivity index (χ1) is 10.8. The molecule has 7 heteroatoms. The molecule has 0 saturated carbocycles. The van der Waals surface area contributed by atoms with Crippen molar-refractivity contribution in [3.05, 3.63) is 51.0 Å². The highest BCUT2D eigenvalue weighted by Gasteiger charge is 2.07. The van der Waals surface area contributed by atoms with E-state index in [9.17, 15) is 4.79 Å². The topological polar surface area (TPSA) is 42.0 Å². The predicted molar refractivity (Wildman–Crippen MR) is 97.8 cm³/mol. The Hall–Kier alpha value is -1.15. The zero-order chi connectivity index (χ0) is 15.2. The SMILES string of the molecule is O=C(CSCc1csc(-c2cccs2)n1)NCc1cccs1. The van der Waals surface area contributed by atoms with Crippen LogP contribution in [0.4, 0.5) is 0 Å². The summed E-state index contributed by atoms with van der Waals surface area (Å²) in [5.41, 5.74) is 1.05. The normalized spacial score (nSPS) is 10.7. The van der Waals surface area contributed by atoms with Crippen LogP contribution in [0, 0.1) is 0 Å². The van der Waals surface area contributed by atoms with Crippen LogP contribution in [-0.4, -0.2) is 16.6 Å². The number of nitrogens with one attached hydrogen (secondary N) is 1. The van der Waals surface area contributed by atoms with E-state index in [2.05, 4.69) is 27.1 Å². The van der Waals surface area contributed by atoms with E-state index in [4.69, 9.17) is 0 Å². The number of thiazole rings is 1. The summed E-state index contributed by atoms with van der Waals surface area (Å²) >= 11 is 6.62. The maximum Gasteiger partial charge on any atom is 0.230 e. The second-order valence-electron chi connectivity index (χ2n) is 4.47. The van der Waals surface area contributed by atoms with Crippen LogP contribution in [-0.2, 0) is 17.1 Å². The molecule has 3 heterocycles. The van der Waals surface area contributed by atoms with Gasteiger partial charge in [-0.05, 0) is 22.9 Å². The molecule has 1 N–H and O–H groups in total. The summed E-state index contributed by atoms with van der Waals surface area (Å²) in [6.45, 7) is 0.621. The van der Waals surface area contributed by atoms with Crippen LogP contribution in [0.3, 0.4) is 0 Å². The highest BCUT2D eigenvalue weighted by molar-refractivity contribution is 7.99. The van der Waals surface area contributed by atoms with Crippen molar-refractivity contribution in [1.82, 2.24) is 10.3 Å². The molecule has 3 aromatic heterocycles. The molecule has 0 aliphatic carbocycles. The van der Waals surface area contributed by atoms with Gasteiger partial charge in [0.1, 0.15) is 5.01 Å². The van der Waals surface area contributed by atoms with Crippen molar-refractivity contribution >= 4 is 51.7 Å². The standard InChI is InChI=1S/C15H14N2OS4/c18-14(16-7-12-3-1-5-20-12)10-19-8-11-9-22-15(17-11)13-4-2-6-21-13/h1-6,9H,7-8,10H2,(H,16,18). The third kappa shape index (κ3) is 4.42. The lowest BCUT2D eigenvalue weighted by molar-refractivity contribution is -0.118. The van der Waals surface area contributed by atoms with Crippen molar-refractivity contribution in [2.75, 3.05) is 5.75 Å². The molecule has 0 aliphatic heterocycles. The molecule has 0 spiro atoms. The lowest BCUT2D eigenvalue weighted by atomic mass is 10.4. The van der Waals surface area contributed by atoms with Gasteiger partial charge in [0.2, 0.25) is 5.91 Å². The second kappa shape index (κ2) is 7.92. The Labute approximate surface area is 145 Å². The van der Waals surface area contributed by atoms with Crippen molar-refractivity contribution in [1.29, 1.82) is 0 Å². The van der Waals surface area contributed by atoms with Crippen molar-refractivity contribution in [3.8, 4) is 9.88 Å². The molecule has 0 bridgehead atoms. The largest absolute Gasteiger partial charge is 0.350 e. The zero-order valence-electron chi connectivity index (χ0n) is 11.7. The van der Waals surface area contributed by atoms with Gasteiger partial charge in [0, 0.05) is 16.0 Å². The number of thioether (sulfide) groups is 1. The van der Waals surface area contributed by atoms with E-state index in [0.29, 0.717) is 12.3 Å². The van der Waals surface area contributed by atoms with Crippen molar-refractivity contribution < 1.29 is 4.79 Å². The Morgan fingerprint density at radius 2 is 2.05 bits per heavy atom. The number of thiophene rings is 2. The number of carbonyl (C=O) groups is 1. The first-order valence-electron chi connectivity index (χ1n) is 6.66. The van der Waals surface area contributed by atoms with Crippen LogP contribution in [0.2, 0.25) is 0 Å².